The van der Waals surface area contributed by atoms with Crippen molar-refractivity contribution in [1.82, 2.24) is 4.90 Å². The number of halogens is 1. The summed E-state index contributed by atoms with van der Waals surface area (Å²) in [5.74, 6) is -0.0169. The predicted molar refractivity (Wildman–Crippen MR) is 95.0 cm³/mol. The fourth-order valence-corrected chi connectivity index (χ4v) is 3.38. The predicted octanol–water partition coefficient (Wildman–Crippen LogP) is 4.21. The van der Waals surface area contributed by atoms with E-state index in [1.165, 1.54) is 11.1 Å². The highest BCUT2D eigenvalue weighted by atomic mass is 35.5. The molecule has 3 nitrogen and oxygen atoms in total. The number of nitrogens with one attached hydrogen (secondary N) is 1. The van der Waals surface area contributed by atoms with Crippen molar-refractivity contribution in [2.75, 3.05) is 18.9 Å². The van der Waals surface area contributed by atoms with E-state index in [-0.39, 0.29) is 5.91 Å². The summed E-state index contributed by atoms with van der Waals surface area (Å²) in [4.78, 5) is 14.4. The van der Waals surface area contributed by atoms with Crippen LogP contribution in [0.3, 0.4) is 0 Å². The maximum Gasteiger partial charge on any atom is 0.238 e. The summed E-state index contributed by atoms with van der Waals surface area (Å²) < 4.78 is 0. The van der Waals surface area contributed by atoms with E-state index < -0.39 is 0 Å². The van der Waals surface area contributed by atoms with E-state index in [9.17, 15) is 4.79 Å². The molecule has 1 aliphatic rings. The number of fused-ring (bicyclic) bond motifs is 1. The number of hydrogen-bond acceptors (Lipinski definition) is 2. The Labute approximate surface area is 142 Å². The van der Waals surface area contributed by atoms with Crippen LogP contribution in [0.2, 0.25) is 5.02 Å². The number of aryl methyl sites for hydroxylation is 2. The maximum absolute atomic E-state index is 12.3. The number of anilines is 1. The fraction of sp³-hybridized carbons (Fsp3) is 0.316. The van der Waals surface area contributed by atoms with Crippen LogP contribution in [0.25, 0.3) is 0 Å². The van der Waals surface area contributed by atoms with Crippen molar-refractivity contribution in [3.63, 3.8) is 0 Å². The summed E-state index contributed by atoms with van der Waals surface area (Å²) in [6.45, 7) is 2.31. The topological polar surface area (TPSA) is 32.3 Å². The molecule has 0 spiro atoms. The van der Waals surface area contributed by atoms with E-state index in [0.29, 0.717) is 17.6 Å². The summed E-state index contributed by atoms with van der Waals surface area (Å²) in [7, 11) is 2.01. The Morgan fingerprint density at radius 3 is 2.87 bits per heavy atom. The van der Waals surface area contributed by atoms with Gasteiger partial charge in [0.1, 0.15) is 0 Å². The Kier molecular flexibility index (Phi) is 4.69. The van der Waals surface area contributed by atoms with Crippen molar-refractivity contribution < 1.29 is 4.79 Å². The maximum atomic E-state index is 12.3. The average Bonchev–Trinajstić information content (AvgIpc) is 2.95. The molecule has 1 aliphatic carbocycles. The van der Waals surface area contributed by atoms with E-state index in [0.717, 1.165) is 24.1 Å². The second kappa shape index (κ2) is 6.73. The molecular formula is C19H21ClN2O. The number of carbonyl (C=O) groups is 1. The van der Waals surface area contributed by atoms with E-state index >= 15 is 0 Å². The van der Waals surface area contributed by atoms with Gasteiger partial charge in [0, 0.05) is 16.8 Å². The molecule has 0 fully saturated rings. The summed E-state index contributed by atoms with van der Waals surface area (Å²) >= 11 is 6.10. The van der Waals surface area contributed by atoms with Crippen LogP contribution in [0.15, 0.2) is 42.5 Å². The first-order valence-corrected chi connectivity index (χ1v) is 8.26. The van der Waals surface area contributed by atoms with Crippen LogP contribution < -0.4 is 5.32 Å². The molecule has 2 aromatic rings. The van der Waals surface area contributed by atoms with Crippen LogP contribution in [0.1, 0.15) is 29.2 Å². The van der Waals surface area contributed by atoms with Gasteiger partial charge in [-0.3, -0.25) is 9.69 Å². The molecule has 120 valence electrons. The molecule has 0 saturated heterocycles. The summed E-state index contributed by atoms with van der Waals surface area (Å²) in [6.07, 6.45) is 2.15. The van der Waals surface area contributed by atoms with Crippen molar-refractivity contribution in [2.24, 2.45) is 0 Å². The van der Waals surface area contributed by atoms with Gasteiger partial charge in [0.15, 0.2) is 0 Å². The van der Waals surface area contributed by atoms with Crippen molar-refractivity contribution in [1.29, 1.82) is 0 Å². The number of benzene rings is 2. The number of amides is 1. The largest absolute Gasteiger partial charge is 0.325 e. The summed E-state index contributed by atoms with van der Waals surface area (Å²) in [5.41, 5.74) is 4.49. The minimum Gasteiger partial charge on any atom is -0.325 e. The van der Waals surface area contributed by atoms with Crippen LogP contribution in [0.4, 0.5) is 5.69 Å². The molecule has 1 amide bonds. The van der Waals surface area contributed by atoms with Crippen molar-refractivity contribution in [3.05, 3.63) is 64.2 Å². The number of rotatable bonds is 4. The standard InChI is InChI=1S/C19H21ClN2O/c1-13-7-9-15(11-17(13)20)21-19(23)12-22(2)18-10-8-14-5-3-4-6-16(14)18/h3-7,9,11,18H,8,10,12H2,1-2H3,(H,21,23). The third-order valence-corrected chi connectivity index (χ3v) is 4.89. The Balaban J connectivity index is 1.63. The molecule has 0 radical (unpaired) electrons. The Morgan fingerprint density at radius 1 is 1.30 bits per heavy atom. The van der Waals surface area contributed by atoms with E-state index in [4.69, 9.17) is 11.6 Å². The van der Waals surface area contributed by atoms with Crippen LogP contribution in [0.5, 0.6) is 0 Å². The molecule has 0 aliphatic heterocycles. The molecular weight excluding hydrogens is 308 g/mol. The van der Waals surface area contributed by atoms with Crippen molar-refractivity contribution in [2.45, 2.75) is 25.8 Å². The van der Waals surface area contributed by atoms with Crippen LogP contribution >= 0.6 is 11.6 Å². The summed E-state index contributed by atoms with van der Waals surface area (Å²) in [5, 5.41) is 3.59. The Hall–Kier alpha value is -1.84. The van der Waals surface area contributed by atoms with Crippen LogP contribution in [-0.4, -0.2) is 24.4 Å². The molecule has 3 rings (SSSR count). The molecule has 23 heavy (non-hydrogen) atoms. The van der Waals surface area contributed by atoms with Gasteiger partial charge in [0.2, 0.25) is 5.91 Å². The number of nitrogens with zero attached hydrogens (tertiary/aromatic N) is 1. The van der Waals surface area contributed by atoms with Crippen LogP contribution in [0, 0.1) is 6.92 Å². The third kappa shape index (κ3) is 3.57. The van der Waals surface area contributed by atoms with E-state index in [2.05, 4.69) is 34.5 Å². The monoisotopic (exact) mass is 328 g/mol. The molecule has 1 N–H and O–H groups in total. The number of likely N-dealkylation sites (N-methyl/N-ethyl adjacent to an activating group) is 1. The van der Waals surface area contributed by atoms with Gasteiger partial charge in [-0.05, 0) is 55.6 Å². The van der Waals surface area contributed by atoms with Gasteiger partial charge in [-0.2, -0.15) is 0 Å². The van der Waals surface area contributed by atoms with Crippen molar-refractivity contribution >= 4 is 23.2 Å². The van der Waals surface area contributed by atoms with Gasteiger partial charge in [-0.25, -0.2) is 0 Å². The van der Waals surface area contributed by atoms with E-state index in [1.54, 1.807) is 6.07 Å². The number of hydrogen-bond donors (Lipinski definition) is 1. The number of carbonyl (C=O) groups excluding carboxylic acids is 1. The summed E-state index contributed by atoms with van der Waals surface area (Å²) in [6, 6.07) is 14.4. The van der Waals surface area contributed by atoms with Gasteiger partial charge in [-0.1, -0.05) is 41.9 Å². The minimum absolute atomic E-state index is 0.0169. The second-order valence-corrected chi connectivity index (χ2v) is 6.59. The van der Waals surface area contributed by atoms with Gasteiger partial charge in [-0.15, -0.1) is 0 Å². The lowest BCUT2D eigenvalue weighted by Gasteiger charge is -2.24. The molecule has 4 heteroatoms. The van der Waals surface area contributed by atoms with Crippen molar-refractivity contribution in [3.8, 4) is 0 Å². The molecule has 0 saturated carbocycles. The highest BCUT2D eigenvalue weighted by Crippen LogP contribution is 2.34. The molecule has 1 atom stereocenters. The zero-order chi connectivity index (χ0) is 16.4. The first-order chi connectivity index (χ1) is 11.0. The lowest BCUT2D eigenvalue weighted by Crippen LogP contribution is -2.32. The Morgan fingerprint density at radius 2 is 2.09 bits per heavy atom. The molecule has 0 heterocycles. The highest BCUT2D eigenvalue weighted by molar-refractivity contribution is 6.31. The molecule has 1 unspecified atom stereocenters. The quantitative estimate of drug-likeness (QED) is 0.912. The first kappa shape index (κ1) is 16.0. The highest BCUT2D eigenvalue weighted by Gasteiger charge is 2.26. The normalized spacial score (nSPS) is 16.4. The van der Waals surface area contributed by atoms with Gasteiger partial charge in [0.25, 0.3) is 0 Å². The molecule has 0 aromatic heterocycles. The van der Waals surface area contributed by atoms with Gasteiger partial charge >= 0.3 is 0 Å². The smallest absolute Gasteiger partial charge is 0.238 e. The second-order valence-electron chi connectivity index (χ2n) is 6.18. The van der Waals surface area contributed by atoms with Crippen LogP contribution in [-0.2, 0) is 11.2 Å². The lowest BCUT2D eigenvalue weighted by molar-refractivity contribution is -0.117. The first-order valence-electron chi connectivity index (χ1n) is 7.88. The fourth-order valence-electron chi connectivity index (χ4n) is 3.20. The Bertz CT molecular complexity index is 729. The van der Waals surface area contributed by atoms with Gasteiger partial charge in [0.05, 0.1) is 6.54 Å². The SMILES string of the molecule is Cc1ccc(NC(=O)CN(C)C2CCc3ccccc32)cc1Cl. The molecule has 0 bridgehead atoms. The third-order valence-electron chi connectivity index (χ3n) is 4.48. The zero-order valence-corrected chi connectivity index (χ0v) is 14.2. The van der Waals surface area contributed by atoms with Gasteiger partial charge < -0.3 is 5.32 Å². The van der Waals surface area contributed by atoms with E-state index in [1.807, 2.05) is 26.1 Å². The zero-order valence-electron chi connectivity index (χ0n) is 13.5. The minimum atomic E-state index is -0.0169. The molecule has 2 aromatic carbocycles. The lowest BCUT2D eigenvalue weighted by atomic mass is 10.1. The average molecular weight is 329 g/mol.